The number of nitrogens with one attached hydrogen (secondary N) is 1. The van der Waals surface area contributed by atoms with E-state index < -0.39 is 28.1 Å². The van der Waals surface area contributed by atoms with Gasteiger partial charge >= 0.3 is 0 Å². The van der Waals surface area contributed by atoms with Gasteiger partial charge < -0.3 is 20.1 Å². The lowest BCUT2D eigenvalue weighted by Crippen LogP contribution is -2.50. The molecule has 2 amide bonds. The van der Waals surface area contributed by atoms with Crippen molar-refractivity contribution in [2.45, 2.75) is 44.4 Å². The maximum Gasteiger partial charge on any atom is 0.258 e. The molecule has 2 heterocycles. The molecule has 40 heavy (non-hydrogen) atoms. The number of nitrogens with zero attached hydrogens (tertiary/aromatic N) is 6. The van der Waals surface area contributed by atoms with Gasteiger partial charge in [0.05, 0.1) is 29.7 Å². The van der Waals surface area contributed by atoms with Crippen molar-refractivity contribution in [1.29, 1.82) is 0 Å². The highest BCUT2D eigenvalue weighted by Crippen LogP contribution is 2.31. The van der Waals surface area contributed by atoms with Crippen molar-refractivity contribution in [3.05, 3.63) is 59.9 Å². The molecule has 0 aliphatic carbocycles. The van der Waals surface area contributed by atoms with E-state index in [0.29, 0.717) is 5.69 Å². The molecule has 4 rings (SSSR count). The number of hydrogen-bond acceptors (Lipinski definition) is 9. The number of aromatic nitrogens is 4. The van der Waals surface area contributed by atoms with Gasteiger partial charge in [-0.3, -0.25) is 9.59 Å². The number of carbonyl (C=O) groups is 2. The van der Waals surface area contributed by atoms with Gasteiger partial charge in [0.2, 0.25) is 15.9 Å². The largest absolute Gasteiger partial charge is 0.488 e. The second-order valence-electron chi connectivity index (χ2n) is 9.99. The zero-order chi connectivity index (χ0) is 29.0. The van der Waals surface area contributed by atoms with Gasteiger partial charge in [-0.05, 0) is 54.6 Å². The van der Waals surface area contributed by atoms with E-state index in [-0.39, 0.29) is 54.3 Å². The second kappa shape index (κ2) is 12.1. The van der Waals surface area contributed by atoms with Crippen LogP contribution >= 0.6 is 0 Å². The van der Waals surface area contributed by atoms with Crippen molar-refractivity contribution in [3.8, 4) is 5.75 Å². The van der Waals surface area contributed by atoms with Gasteiger partial charge in [0.25, 0.3) is 5.91 Å². The average Bonchev–Trinajstić information content (AvgIpc) is 3.43. The highest BCUT2D eigenvalue weighted by atomic mass is 32.2. The summed E-state index contributed by atoms with van der Waals surface area (Å²) in [6.45, 7) is 5.35. The van der Waals surface area contributed by atoms with E-state index in [2.05, 4.69) is 20.8 Å². The van der Waals surface area contributed by atoms with Crippen LogP contribution in [0.5, 0.6) is 5.75 Å². The van der Waals surface area contributed by atoms with Crippen LogP contribution in [0.4, 0.5) is 5.69 Å². The zero-order valence-corrected chi connectivity index (χ0v) is 23.6. The Labute approximate surface area is 232 Å². The van der Waals surface area contributed by atoms with Crippen LogP contribution < -0.4 is 10.1 Å². The third-order valence-electron chi connectivity index (χ3n) is 6.81. The lowest BCUT2D eigenvalue weighted by atomic mass is 9.99. The standard InChI is InChI=1S/C26H33N7O6S/c1-17-5-8-21(9-6-17)40(37,38)31(4)13-24-18(2)12-33(19(3)15-34)26(36)22-11-20(7-10-23(22)39-24)28-25(35)14-32-16-27-29-30-32/h5-11,16,18-19,24,34H,12-15H2,1-4H3,(H,28,35)/t18-,19-,24-/m1/s1. The van der Waals surface area contributed by atoms with Gasteiger partial charge in [-0.25, -0.2) is 13.1 Å². The number of benzene rings is 2. The highest BCUT2D eigenvalue weighted by Gasteiger charge is 2.35. The van der Waals surface area contributed by atoms with E-state index in [1.54, 1.807) is 48.2 Å². The van der Waals surface area contributed by atoms with E-state index in [1.807, 2.05) is 13.8 Å². The molecular weight excluding hydrogens is 538 g/mol. The first kappa shape index (κ1) is 29.1. The number of sulfonamides is 1. The lowest BCUT2D eigenvalue weighted by Gasteiger charge is -2.38. The number of aliphatic hydroxyl groups excluding tert-OH is 1. The van der Waals surface area contributed by atoms with Gasteiger partial charge in [0, 0.05) is 25.2 Å². The fourth-order valence-corrected chi connectivity index (χ4v) is 5.54. The third kappa shape index (κ3) is 6.46. The summed E-state index contributed by atoms with van der Waals surface area (Å²) in [6.07, 6.45) is 0.689. The van der Waals surface area contributed by atoms with E-state index >= 15 is 0 Å². The van der Waals surface area contributed by atoms with E-state index in [4.69, 9.17) is 4.74 Å². The SMILES string of the molecule is Cc1ccc(S(=O)(=O)N(C)C[C@H]2Oc3ccc(NC(=O)Cn4cnnn4)cc3C(=O)N([C@H](C)CO)C[C@H]2C)cc1. The minimum atomic E-state index is -3.79. The van der Waals surface area contributed by atoms with Crippen molar-refractivity contribution in [2.75, 3.05) is 32.1 Å². The molecule has 0 saturated heterocycles. The minimum absolute atomic E-state index is 0.0246. The fourth-order valence-electron chi connectivity index (χ4n) is 4.36. The Kier molecular flexibility index (Phi) is 8.81. The number of tetrazole rings is 1. The summed E-state index contributed by atoms with van der Waals surface area (Å²) in [5, 5.41) is 23.2. The molecule has 14 heteroatoms. The first-order chi connectivity index (χ1) is 19.0. The monoisotopic (exact) mass is 571 g/mol. The first-order valence-electron chi connectivity index (χ1n) is 12.8. The highest BCUT2D eigenvalue weighted by molar-refractivity contribution is 7.89. The van der Waals surface area contributed by atoms with Crippen molar-refractivity contribution >= 4 is 27.5 Å². The number of aryl methyl sites for hydroxylation is 1. The number of anilines is 1. The molecule has 214 valence electrons. The van der Waals surface area contributed by atoms with Crippen LogP contribution in [-0.4, -0.2) is 93.6 Å². The molecule has 0 radical (unpaired) electrons. The molecule has 1 aliphatic rings. The molecule has 0 fully saturated rings. The van der Waals surface area contributed by atoms with Crippen LogP contribution in [0, 0.1) is 12.8 Å². The molecule has 3 aromatic rings. The Morgan fingerprint density at radius 3 is 2.62 bits per heavy atom. The van der Waals surface area contributed by atoms with Crippen LogP contribution in [0.1, 0.15) is 29.8 Å². The minimum Gasteiger partial charge on any atom is -0.488 e. The summed E-state index contributed by atoms with van der Waals surface area (Å²) < 4.78 is 35.3. The average molecular weight is 572 g/mol. The van der Waals surface area contributed by atoms with Gasteiger partial charge in [0.15, 0.2) is 0 Å². The molecule has 0 bridgehead atoms. The number of fused-ring (bicyclic) bond motifs is 1. The molecular formula is C26H33N7O6S. The number of aliphatic hydroxyl groups is 1. The predicted molar refractivity (Wildman–Crippen MR) is 145 cm³/mol. The number of amides is 2. The Morgan fingerprint density at radius 1 is 1.25 bits per heavy atom. The van der Waals surface area contributed by atoms with Crippen LogP contribution in [0.3, 0.4) is 0 Å². The van der Waals surface area contributed by atoms with Gasteiger partial charge in [-0.15, -0.1) is 5.10 Å². The predicted octanol–water partition coefficient (Wildman–Crippen LogP) is 1.16. The molecule has 1 aliphatic heterocycles. The number of likely N-dealkylation sites (N-methyl/N-ethyl adjacent to an activating group) is 1. The molecule has 2 N–H and O–H groups in total. The fraction of sp³-hybridized carbons (Fsp3) is 0.423. The molecule has 0 saturated carbocycles. The van der Waals surface area contributed by atoms with Gasteiger partial charge in [-0.1, -0.05) is 24.6 Å². The quantitative estimate of drug-likeness (QED) is 0.384. The van der Waals surface area contributed by atoms with Crippen LogP contribution in [-0.2, 0) is 21.4 Å². The van der Waals surface area contributed by atoms with Gasteiger partial charge in [0.1, 0.15) is 24.7 Å². The smallest absolute Gasteiger partial charge is 0.258 e. The third-order valence-corrected chi connectivity index (χ3v) is 8.65. The van der Waals surface area contributed by atoms with E-state index in [0.717, 1.165) is 5.56 Å². The zero-order valence-electron chi connectivity index (χ0n) is 22.8. The second-order valence-corrected chi connectivity index (χ2v) is 12.0. The summed E-state index contributed by atoms with van der Waals surface area (Å²) in [4.78, 5) is 27.8. The lowest BCUT2D eigenvalue weighted by molar-refractivity contribution is -0.116. The van der Waals surface area contributed by atoms with E-state index in [1.165, 1.54) is 28.4 Å². The number of ether oxygens (including phenoxy) is 1. The summed E-state index contributed by atoms with van der Waals surface area (Å²) in [5.74, 6) is -0.811. The Hall–Kier alpha value is -3.88. The number of hydrogen-bond donors (Lipinski definition) is 2. The Morgan fingerprint density at radius 2 is 1.98 bits per heavy atom. The molecule has 0 unspecified atom stereocenters. The molecule has 2 aromatic carbocycles. The van der Waals surface area contributed by atoms with Crippen molar-refractivity contribution in [3.63, 3.8) is 0 Å². The Bertz CT molecular complexity index is 1450. The Balaban J connectivity index is 1.62. The summed E-state index contributed by atoms with van der Waals surface area (Å²) in [6, 6.07) is 10.8. The van der Waals surface area contributed by atoms with Crippen molar-refractivity contribution in [1.82, 2.24) is 29.4 Å². The first-order valence-corrected chi connectivity index (χ1v) is 14.2. The number of rotatable bonds is 9. The summed E-state index contributed by atoms with van der Waals surface area (Å²) in [5.41, 5.74) is 1.49. The molecule has 1 aromatic heterocycles. The molecule has 0 spiro atoms. The topological polar surface area (TPSA) is 160 Å². The summed E-state index contributed by atoms with van der Waals surface area (Å²) >= 11 is 0. The molecule has 13 nitrogen and oxygen atoms in total. The van der Waals surface area contributed by atoms with E-state index in [9.17, 15) is 23.1 Å². The number of carbonyl (C=O) groups excluding carboxylic acids is 2. The summed E-state index contributed by atoms with van der Waals surface area (Å²) in [7, 11) is -2.30. The van der Waals surface area contributed by atoms with Crippen molar-refractivity contribution < 1.29 is 27.9 Å². The van der Waals surface area contributed by atoms with Crippen molar-refractivity contribution in [2.24, 2.45) is 5.92 Å². The van der Waals surface area contributed by atoms with Crippen LogP contribution in [0.25, 0.3) is 0 Å². The van der Waals surface area contributed by atoms with Gasteiger partial charge in [-0.2, -0.15) is 4.31 Å². The molecule has 3 atom stereocenters. The maximum atomic E-state index is 13.6. The maximum absolute atomic E-state index is 13.6. The normalized spacial score (nSPS) is 18.4. The van der Waals surface area contributed by atoms with Crippen LogP contribution in [0.2, 0.25) is 0 Å². The van der Waals surface area contributed by atoms with Crippen LogP contribution in [0.15, 0.2) is 53.7 Å².